The number of piperidine rings is 1. The van der Waals surface area contributed by atoms with Gasteiger partial charge in [-0.3, -0.25) is 4.68 Å². The molecule has 4 heteroatoms. The van der Waals surface area contributed by atoms with Crippen LogP contribution >= 0.6 is 11.6 Å². The quantitative estimate of drug-likeness (QED) is 0.815. The van der Waals surface area contributed by atoms with Gasteiger partial charge in [0.1, 0.15) is 0 Å². The maximum absolute atomic E-state index is 5.94. The predicted molar refractivity (Wildman–Crippen MR) is 57.6 cm³/mol. The lowest BCUT2D eigenvalue weighted by molar-refractivity contribution is 0.348. The lowest BCUT2D eigenvalue weighted by Crippen LogP contribution is -2.37. The van der Waals surface area contributed by atoms with Gasteiger partial charge in [0.2, 0.25) is 0 Å². The van der Waals surface area contributed by atoms with Crippen LogP contribution < -0.4 is 5.32 Å². The van der Waals surface area contributed by atoms with Crippen LogP contribution in [-0.4, -0.2) is 22.4 Å². The highest BCUT2D eigenvalue weighted by Gasteiger charge is 2.14. The molecule has 78 valence electrons. The highest BCUT2D eigenvalue weighted by Crippen LogP contribution is 2.15. The molecule has 0 amide bonds. The molecule has 1 aromatic heterocycles. The fourth-order valence-corrected chi connectivity index (χ4v) is 2.04. The molecule has 3 nitrogen and oxygen atoms in total. The van der Waals surface area contributed by atoms with Crippen molar-refractivity contribution in [1.82, 2.24) is 15.1 Å². The molecule has 2 heterocycles. The first-order chi connectivity index (χ1) is 6.77. The minimum Gasteiger partial charge on any atom is -0.312 e. The van der Waals surface area contributed by atoms with Crippen molar-refractivity contribution in [3.63, 3.8) is 0 Å². The van der Waals surface area contributed by atoms with Crippen molar-refractivity contribution < 1.29 is 0 Å². The second-order valence-electron chi connectivity index (χ2n) is 3.91. The first-order valence-corrected chi connectivity index (χ1v) is 5.56. The average Bonchev–Trinajstić information content (AvgIpc) is 2.52. The SMILES string of the molecule is Cc1c(Cl)cnn1CC1CCCCN1. The van der Waals surface area contributed by atoms with Crippen LogP contribution in [0.4, 0.5) is 0 Å². The van der Waals surface area contributed by atoms with Gasteiger partial charge >= 0.3 is 0 Å². The minimum absolute atomic E-state index is 0.568. The molecule has 0 saturated carbocycles. The number of hydrogen-bond acceptors (Lipinski definition) is 2. The molecule has 1 atom stereocenters. The van der Waals surface area contributed by atoms with Gasteiger partial charge in [0.15, 0.2) is 0 Å². The molecule has 14 heavy (non-hydrogen) atoms. The highest BCUT2D eigenvalue weighted by atomic mass is 35.5. The third-order valence-electron chi connectivity index (χ3n) is 2.85. The summed E-state index contributed by atoms with van der Waals surface area (Å²) in [6.45, 7) is 4.09. The summed E-state index contributed by atoms with van der Waals surface area (Å²) in [5.41, 5.74) is 1.07. The Bertz CT molecular complexity index is 302. The summed E-state index contributed by atoms with van der Waals surface area (Å²) in [6, 6.07) is 0.568. The molecule has 0 aliphatic carbocycles. The first-order valence-electron chi connectivity index (χ1n) is 5.18. The van der Waals surface area contributed by atoms with Crippen molar-refractivity contribution in [3.05, 3.63) is 16.9 Å². The van der Waals surface area contributed by atoms with E-state index in [0.717, 1.165) is 23.8 Å². The van der Waals surface area contributed by atoms with Crippen LogP contribution in [0.15, 0.2) is 6.20 Å². The van der Waals surface area contributed by atoms with E-state index < -0.39 is 0 Å². The molecule has 0 aromatic carbocycles. The van der Waals surface area contributed by atoms with Crippen LogP contribution in [0.25, 0.3) is 0 Å². The van der Waals surface area contributed by atoms with Crippen LogP contribution in [0.2, 0.25) is 5.02 Å². The van der Waals surface area contributed by atoms with Crippen LogP contribution in [0.5, 0.6) is 0 Å². The Balaban J connectivity index is 1.99. The van der Waals surface area contributed by atoms with E-state index in [4.69, 9.17) is 11.6 Å². The van der Waals surface area contributed by atoms with Gasteiger partial charge in [-0.15, -0.1) is 0 Å². The van der Waals surface area contributed by atoms with Crippen molar-refractivity contribution in [3.8, 4) is 0 Å². The molecular formula is C10H16ClN3. The van der Waals surface area contributed by atoms with Crippen molar-refractivity contribution >= 4 is 11.6 Å². The van der Waals surface area contributed by atoms with Crippen molar-refractivity contribution in [2.75, 3.05) is 6.54 Å². The number of aromatic nitrogens is 2. The van der Waals surface area contributed by atoms with E-state index >= 15 is 0 Å². The maximum atomic E-state index is 5.94. The molecule has 0 spiro atoms. The lowest BCUT2D eigenvalue weighted by Gasteiger charge is -2.23. The molecular weight excluding hydrogens is 198 g/mol. The average molecular weight is 214 g/mol. The van der Waals surface area contributed by atoms with Crippen molar-refractivity contribution in [2.45, 2.75) is 38.8 Å². The van der Waals surface area contributed by atoms with Crippen LogP contribution in [0.3, 0.4) is 0 Å². The normalized spacial score (nSPS) is 22.6. The summed E-state index contributed by atoms with van der Waals surface area (Å²) < 4.78 is 1.99. The van der Waals surface area contributed by atoms with Gasteiger partial charge in [0, 0.05) is 6.04 Å². The van der Waals surface area contributed by atoms with E-state index in [2.05, 4.69) is 10.4 Å². The fourth-order valence-electron chi connectivity index (χ4n) is 1.90. The summed E-state index contributed by atoms with van der Waals surface area (Å²) in [4.78, 5) is 0. The first kappa shape index (κ1) is 9.99. The number of nitrogens with zero attached hydrogens (tertiary/aromatic N) is 2. The van der Waals surface area contributed by atoms with E-state index in [1.54, 1.807) is 6.20 Å². The zero-order valence-electron chi connectivity index (χ0n) is 8.46. The van der Waals surface area contributed by atoms with E-state index in [0.29, 0.717) is 6.04 Å². The third-order valence-corrected chi connectivity index (χ3v) is 3.22. The molecule has 2 rings (SSSR count). The Morgan fingerprint density at radius 1 is 1.64 bits per heavy atom. The van der Waals surface area contributed by atoms with E-state index in [1.807, 2.05) is 11.6 Å². The molecule has 0 bridgehead atoms. The van der Waals surface area contributed by atoms with Gasteiger partial charge in [-0.05, 0) is 26.3 Å². The molecule has 1 aliphatic heterocycles. The van der Waals surface area contributed by atoms with Crippen molar-refractivity contribution in [1.29, 1.82) is 0 Å². The van der Waals surface area contributed by atoms with E-state index in [1.165, 1.54) is 19.3 Å². The highest BCUT2D eigenvalue weighted by molar-refractivity contribution is 6.31. The fraction of sp³-hybridized carbons (Fsp3) is 0.700. The Hall–Kier alpha value is -0.540. The molecule has 0 radical (unpaired) electrons. The molecule has 1 saturated heterocycles. The Labute approximate surface area is 89.4 Å². The monoisotopic (exact) mass is 213 g/mol. The predicted octanol–water partition coefficient (Wildman–Crippen LogP) is 1.99. The summed E-state index contributed by atoms with van der Waals surface area (Å²) in [5.74, 6) is 0. The molecule has 1 fully saturated rings. The summed E-state index contributed by atoms with van der Waals surface area (Å²) in [5, 5.41) is 8.52. The summed E-state index contributed by atoms with van der Waals surface area (Å²) in [6.07, 6.45) is 5.59. The smallest absolute Gasteiger partial charge is 0.0814 e. The summed E-state index contributed by atoms with van der Waals surface area (Å²) >= 11 is 5.94. The van der Waals surface area contributed by atoms with E-state index in [9.17, 15) is 0 Å². The number of hydrogen-bond donors (Lipinski definition) is 1. The Morgan fingerprint density at radius 2 is 2.50 bits per heavy atom. The number of nitrogens with one attached hydrogen (secondary N) is 1. The minimum atomic E-state index is 0.568. The van der Waals surface area contributed by atoms with Gasteiger partial charge in [-0.1, -0.05) is 18.0 Å². The Kier molecular flexibility index (Phi) is 3.08. The maximum Gasteiger partial charge on any atom is 0.0814 e. The standard InChI is InChI=1S/C10H16ClN3/c1-8-10(11)6-13-14(8)7-9-4-2-3-5-12-9/h6,9,12H,2-5,7H2,1H3. The largest absolute Gasteiger partial charge is 0.312 e. The topological polar surface area (TPSA) is 29.9 Å². The van der Waals surface area contributed by atoms with Crippen LogP contribution in [0, 0.1) is 6.92 Å². The number of halogens is 1. The zero-order chi connectivity index (χ0) is 9.97. The molecule has 1 aromatic rings. The second-order valence-corrected chi connectivity index (χ2v) is 4.31. The molecule has 1 aliphatic rings. The zero-order valence-corrected chi connectivity index (χ0v) is 9.22. The van der Waals surface area contributed by atoms with Gasteiger partial charge in [-0.2, -0.15) is 5.10 Å². The van der Waals surface area contributed by atoms with Gasteiger partial charge < -0.3 is 5.32 Å². The van der Waals surface area contributed by atoms with Gasteiger partial charge in [0.05, 0.1) is 23.5 Å². The van der Waals surface area contributed by atoms with E-state index in [-0.39, 0.29) is 0 Å². The number of rotatable bonds is 2. The third kappa shape index (κ3) is 2.10. The van der Waals surface area contributed by atoms with Crippen LogP contribution in [-0.2, 0) is 6.54 Å². The lowest BCUT2D eigenvalue weighted by atomic mass is 10.1. The molecule has 1 N–H and O–H groups in total. The van der Waals surface area contributed by atoms with Crippen molar-refractivity contribution in [2.24, 2.45) is 0 Å². The van der Waals surface area contributed by atoms with Crippen LogP contribution in [0.1, 0.15) is 25.0 Å². The Morgan fingerprint density at radius 3 is 3.07 bits per heavy atom. The summed E-state index contributed by atoms with van der Waals surface area (Å²) in [7, 11) is 0. The second kappa shape index (κ2) is 4.32. The van der Waals surface area contributed by atoms with Gasteiger partial charge in [0.25, 0.3) is 0 Å². The molecule has 1 unspecified atom stereocenters. The van der Waals surface area contributed by atoms with Gasteiger partial charge in [-0.25, -0.2) is 0 Å².